The molecule has 4 aromatic rings. The number of hydrogen-bond acceptors (Lipinski definition) is 2. The van der Waals surface area contributed by atoms with Crippen LogP contribution in [0, 0.1) is 0 Å². The lowest BCUT2D eigenvalue weighted by Gasteiger charge is -2.05. The Morgan fingerprint density at radius 1 is 0.850 bits per heavy atom. The fourth-order valence-corrected chi connectivity index (χ4v) is 2.72. The molecule has 0 N–H and O–H groups in total. The normalized spacial score (nSPS) is 11.4. The maximum atomic E-state index is 12.5. The summed E-state index contributed by atoms with van der Waals surface area (Å²) >= 11 is 6.06. The molecule has 3 aromatic carbocycles. The number of hydrogen-bond donors (Lipinski definition) is 0. The number of fused-ring (bicyclic) bond motifs is 4. The maximum absolute atomic E-state index is 12.5. The molecule has 1 heterocycles. The second-order valence-corrected chi connectivity index (χ2v) is 5.17. The molecule has 0 atom stereocenters. The Morgan fingerprint density at radius 3 is 2.55 bits per heavy atom. The summed E-state index contributed by atoms with van der Waals surface area (Å²) < 4.78 is 5.94. The van der Waals surface area contributed by atoms with E-state index in [0.29, 0.717) is 27.0 Å². The number of para-hydroxylation sites is 1. The summed E-state index contributed by atoms with van der Waals surface area (Å²) in [5.74, 6) is 0. The largest absolute Gasteiger partial charge is 0.455 e. The molecule has 0 spiro atoms. The first kappa shape index (κ1) is 11.5. The predicted octanol–water partition coefficient (Wildman–Crippen LogP) is 4.75. The van der Waals surface area contributed by atoms with Gasteiger partial charge in [0.05, 0.1) is 10.8 Å². The van der Waals surface area contributed by atoms with Gasteiger partial charge in [0.2, 0.25) is 5.43 Å². The highest BCUT2D eigenvalue weighted by atomic mass is 35.5. The highest BCUT2D eigenvalue weighted by Crippen LogP contribution is 2.28. The SMILES string of the molecule is O=c1c2ccccc2oc2c1ccc1ccc(Cl)cc12. The summed E-state index contributed by atoms with van der Waals surface area (Å²) in [5, 5.41) is 3.67. The summed E-state index contributed by atoms with van der Waals surface area (Å²) in [6, 6.07) is 16.6. The first-order valence-corrected chi connectivity index (χ1v) is 6.66. The van der Waals surface area contributed by atoms with E-state index in [1.807, 2.05) is 42.5 Å². The smallest absolute Gasteiger partial charge is 0.200 e. The molecular formula is C17H9ClO2. The van der Waals surface area contributed by atoms with Crippen molar-refractivity contribution in [2.75, 3.05) is 0 Å². The summed E-state index contributed by atoms with van der Waals surface area (Å²) in [5.41, 5.74) is 1.18. The highest BCUT2D eigenvalue weighted by Gasteiger charge is 2.10. The van der Waals surface area contributed by atoms with Gasteiger partial charge in [-0.05, 0) is 35.7 Å². The standard InChI is InChI=1S/C17H9ClO2/c18-11-7-5-10-6-8-13-16(19)12-3-1-2-4-15(12)20-17(13)14(10)9-11/h1-9H. The zero-order chi connectivity index (χ0) is 13.7. The molecule has 0 radical (unpaired) electrons. The van der Waals surface area contributed by atoms with Crippen molar-refractivity contribution in [2.24, 2.45) is 0 Å². The molecule has 0 unspecified atom stereocenters. The molecule has 0 aliphatic heterocycles. The fourth-order valence-electron chi connectivity index (χ4n) is 2.55. The third-order valence-electron chi connectivity index (χ3n) is 3.52. The van der Waals surface area contributed by atoms with Gasteiger partial charge in [0.1, 0.15) is 11.2 Å². The van der Waals surface area contributed by atoms with Gasteiger partial charge < -0.3 is 4.42 Å². The van der Waals surface area contributed by atoms with Crippen LogP contribution in [0.2, 0.25) is 5.02 Å². The molecule has 2 nitrogen and oxygen atoms in total. The van der Waals surface area contributed by atoms with Crippen molar-refractivity contribution in [3.05, 3.63) is 69.8 Å². The average Bonchev–Trinajstić information content (AvgIpc) is 2.47. The molecule has 96 valence electrons. The monoisotopic (exact) mass is 280 g/mol. The third-order valence-corrected chi connectivity index (χ3v) is 3.76. The molecule has 0 aliphatic carbocycles. The zero-order valence-electron chi connectivity index (χ0n) is 10.4. The molecule has 0 saturated heterocycles. The summed E-state index contributed by atoms with van der Waals surface area (Å²) in [7, 11) is 0. The van der Waals surface area contributed by atoms with Gasteiger partial charge in [0.15, 0.2) is 0 Å². The van der Waals surface area contributed by atoms with E-state index in [4.69, 9.17) is 16.0 Å². The minimum absolute atomic E-state index is 0.0104. The average molecular weight is 281 g/mol. The van der Waals surface area contributed by atoms with Crippen LogP contribution in [0.3, 0.4) is 0 Å². The van der Waals surface area contributed by atoms with E-state index in [2.05, 4.69) is 0 Å². The lowest BCUT2D eigenvalue weighted by molar-refractivity contribution is 0.664. The van der Waals surface area contributed by atoms with E-state index in [0.717, 1.165) is 10.8 Å². The number of halogens is 1. The molecule has 3 heteroatoms. The summed E-state index contributed by atoms with van der Waals surface area (Å²) in [6.07, 6.45) is 0. The summed E-state index contributed by atoms with van der Waals surface area (Å²) in [4.78, 5) is 12.5. The van der Waals surface area contributed by atoms with Gasteiger partial charge >= 0.3 is 0 Å². The number of rotatable bonds is 0. The van der Waals surface area contributed by atoms with Crippen LogP contribution in [-0.4, -0.2) is 0 Å². The second-order valence-electron chi connectivity index (χ2n) is 4.74. The highest BCUT2D eigenvalue weighted by molar-refractivity contribution is 6.31. The Kier molecular flexibility index (Phi) is 2.35. The Labute approximate surface area is 119 Å². The van der Waals surface area contributed by atoms with Crippen LogP contribution in [-0.2, 0) is 0 Å². The van der Waals surface area contributed by atoms with Crippen molar-refractivity contribution in [1.82, 2.24) is 0 Å². The van der Waals surface area contributed by atoms with Crippen molar-refractivity contribution in [2.45, 2.75) is 0 Å². The molecule has 1 aromatic heterocycles. The van der Waals surface area contributed by atoms with Gasteiger partial charge in [-0.15, -0.1) is 0 Å². The van der Waals surface area contributed by atoms with Gasteiger partial charge in [-0.1, -0.05) is 35.9 Å². The molecule has 0 amide bonds. The van der Waals surface area contributed by atoms with E-state index in [9.17, 15) is 4.79 Å². The lowest BCUT2D eigenvalue weighted by Crippen LogP contribution is -2.01. The van der Waals surface area contributed by atoms with Crippen LogP contribution in [0.1, 0.15) is 0 Å². The van der Waals surface area contributed by atoms with Crippen LogP contribution in [0.25, 0.3) is 32.7 Å². The van der Waals surface area contributed by atoms with Crippen LogP contribution in [0.4, 0.5) is 0 Å². The molecule has 0 bridgehead atoms. The molecule has 0 saturated carbocycles. The second kappa shape index (κ2) is 4.09. The first-order valence-electron chi connectivity index (χ1n) is 6.28. The van der Waals surface area contributed by atoms with Gasteiger partial charge in [-0.3, -0.25) is 4.79 Å². The predicted molar refractivity (Wildman–Crippen MR) is 82.5 cm³/mol. The van der Waals surface area contributed by atoms with Crippen LogP contribution in [0.5, 0.6) is 0 Å². The van der Waals surface area contributed by atoms with Crippen LogP contribution < -0.4 is 5.43 Å². The fraction of sp³-hybridized carbons (Fsp3) is 0. The topological polar surface area (TPSA) is 30.2 Å². The molecule has 0 fully saturated rings. The molecular weight excluding hydrogens is 272 g/mol. The maximum Gasteiger partial charge on any atom is 0.200 e. The third kappa shape index (κ3) is 1.55. The minimum Gasteiger partial charge on any atom is -0.455 e. The van der Waals surface area contributed by atoms with Crippen molar-refractivity contribution < 1.29 is 4.42 Å². The van der Waals surface area contributed by atoms with Gasteiger partial charge in [-0.2, -0.15) is 0 Å². The van der Waals surface area contributed by atoms with E-state index in [1.54, 1.807) is 12.1 Å². The molecule has 20 heavy (non-hydrogen) atoms. The van der Waals surface area contributed by atoms with Crippen molar-refractivity contribution in [3.63, 3.8) is 0 Å². The van der Waals surface area contributed by atoms with E-state index < -0.39 is 0 Å². The van der Waals surface area contributed by atoms with Crippen molar-refractivity contribution in [1.29, 1.82) is 0 Å². The zero-order valence-corrected chi connectivity index (χ0v) is 11.1. The van der Waals surface area contributed by atoms with Crippen LogP contribution in [0.15, 0.2) is 63.8 Å². The Hall–Kier alpha value is -2.32. The van der Waals surface area contributed by atoms with Crippen molar-refractivity contribution in [3.8, 4) is 0 Å². The van der Waals surface area contributed by atoms with Gasteiger partial charge in [0.25, 0.3) is 0 Å². The minimum atomic E-state index is -0.0104. The van der Waals surface area contributed by atoms with Crippen LogP contribution >= 0.6 is 11.6 Å². The first-order chi connectivity index (χ1) is 9.74. The van der Waals surface area contributed by atoms with Crippen molar-refractivity contribution >= 4 is 44.3 Å². The summed E-state index contributed by atoms with van der Waals surface area (Å²) in [6.45, 7) is 0. The van der Waals surface area contributed by atoms with Gasteiger partial charge in [-0.25, -0.2) is 0 Å². The van der Waals surface area contributed by atoms with E-state index >= 15 is 0 Å². The Bertz CT molecular complexity index is 1030. The molecule has 0 aliphatic rings. The molecule has 4 rings (SSSR count). The Balaban J connectivity index is 2.33. The Morgan fingerprint density at radius 2 is 1.65 bits per heavy atom. The van der Waals surface area contributed by atoms with Gasteiger partial charge in [0, 0.05) is 10.4 Å². The van der Waals surface area contributed by atoms with E-state index in [1.165, 1.54) is 0 Å². The lowest BCUT2D eigenvalue weighted by atomic mass is 10.1. The van der Waals surface area contributed by atoms with E-state index in [-0.39, 0.29) is 5.43 Å². The number of benzene rings is 3. The quantitative estimate of drug-likeness (QED) is 0.344.